The van der Waals surface area contributed by atoms with Gasteiger partial charge in [0.2, 0.25) is 0 Å². The Labute approximate surface area is 226 Å². The molecule has 3 rings (SSSR count). The van der Waals surface area contributed by atoms with Gasteiger partial charge in [0, 0.05) is 25.9 Å². The Morgan fingerprint density at radius 3 is 2.39 bits per heavy atom. The highest BCUT2D eigenvalue weighted by Crippen LogP contribution is 2.32. The number of nitrogens with one attached hydrogen (secondary N) is 3. The number of carbonyl (C=O) groups excluding carboxylic acids is 4. The van der Waals surface area contributed by atoms with Crippen LogP contribution in [0.3, 0.4) is 0 Å². The molecule has 0 saturated carbocycles. The van der Waals surface area contributed by atoms with Gasteiger partial charge in [0.25, 0.3) is 11.8 Å². The molecule has 0 bridgehead atoms. The van der Waals surface area contributed by atoms with Gasteiger partial charge in [-0.05, 0) is 13.3 Å². The maximum absolute atomic E-state index is 12.8. The van der Waals surface area contributed by atoms with Crippen molar-refractivity contribution in [3.8, 4) is 0 Å². The number of nitrogens with zero attached hydrogens (tertiary/aromatic N) is 2. The summed E-state index contributed by atoms with van der Waals surface area (Å²) in [5.74, 6) is -6.02. The Kier molecular flexibility index (Phi) is 9.25. The molecule has 3 N–H and O–H groups in total. The fourth-order valence-electron chi connectivity index (χ4n) is 3.53. The number of alkyl halides is 3. The van der Waals surface area contributed by atoms with Crippen molar-refractivity contribution >= 4 is 63.4 Å². The molecule has 2 aromatic rings. The first-order chi connectivity index (χ1) is 17.8. The van der Waals surface area contributed by atoms with E-state index >= 15 is 0 Å². The van der Waals surface area contributed by atoms with Gasteiger partial charge in [0.15, 0.2) is 10.8 Å². The Bertz CT molecular complexity index is 1250. The smallest absolute Gasteiger partial charge is 0.382 e. The maximum atomic E-state index is 12.8. The van der Waals surface area contributed by atoms with E-state index in [0.717, 1.165) is 7.11 Å². The molecule has 1 aliphatic heterocycles. The number of aromatic amines is 1. The summed E-state index contributed by atoms with van der Waals surface area (Å²) in [5, 5.41) is 3.16. The molecule has 0 aliphatic carbocycles. The van der Waals surface area contributed by atoms with Crippen molar-refractivity contribution in [3.63, 3.8) is 0 Å². The molecule has 0 radical (unpaired) electrons. The first-order valence-corrected chi connectivity index (χ1v) is 12.1. The topological polar surface area (TPSA) is 152 Å². The number of H-pyrrole nitrogens is 1. The number of hydrogen-bond donors (Lipinski definition) is 3. The first kappa shape index (κ1) is 29.6. The second-order valence-corrected chi connectivity index (χ2v) is 9.56. The van der Waals surface area contributed by atoms with E-state index < -0.39 is 52.6 Å². The third-order valence-electron chi connectivity index (χ3n) is 5.36. The Balaban J connectivity index is 1.80. The number of thiazole rings is 1. The summed E-state index contributed by atoms with van der Waals surface area (Å²) in [4.78, 5) is 60.8. The Hall–Kier alpha value is -2.92. The van der Waals surface area contributed by atoms with Gasteiger partial charge in [-0.15, -0.1) is 0 Å². The van der Waals surface area contributed by atoms with Crippen LogP contribution in [0.4, 0.5) is 18.3 Å². The second kappa shape index (κ2) is 11.9. The van der Waals surface area contributed by atoms with Crippen LogP contribution in [0.2, 0.25) is 10.0 Å². The van der Waals surface area contributed by atoms with Crippen molar-refractivity contribution in [1.82, 2.24) is 20.8 Å². The Morgan fingerprint density at radius 2 is 1.84 bits per heavy atom. The van der Waals surface area contributed by atoms with Crippen LogP contribution < -0.4 is 15.7 Å². The van der Waals surface area contributed by atoms with Gasteiger partial charge in [0.05, 0.1) is 29.3 Å². The SMILES string of the molecule is CONC(=O)c1nc(N2CCC(NC(=O)c3[nH]c(C)c(Cl)c3Cl)C(OC)C2)sc1C(=O)OC(=O)C(F)(F)F. The van der Waals surface area contributed by atoms with E-state index in [1.165, 1.54) is 7.11 Å². The minimum Gasteiger partial charge on any atom is -0.382 e. The molecule has 2 amide bonds. The largest absolute Gasteiger partial charge is 0.491 e. The number of aryl methyl sites for hydroxylation is 1. The number of amides is 2. The fourth-order valence-corrected chi connectivity index (χ4v) is 4.92. The lowest BCUT2D eigenvalue weighted by molar-refractivity contribution is -0.193. The number of halogens is 5. The summed E-state index contributed by atoms with van der Waals surface area (Å²) >= 11 is 12.7. The third-order valence-corrected chi connectivity index (χ3v) is 7.40. The number of hydroxylamine groups is 1. The minimum absolute atomic E-state index is 0.0549. The molecule has 1 saturated heterocycles. The van der Waals surface area contributed by atoms with Crippen molar-refractivity contribution < 1.29 is 46.7 Å². The summed E-state index contributed by atoms with van der Waals surface area (Å²) in [6.45, 7) is 1.99. The summed E-state index contributed by atoms with van der Waals surface area (Å²) in [6, 6.07) is -0.493. The maximum Gasteiger partial charge on any atom is 0.491 e. The summed E-state index contributed by atoms with van der Waals surface area (Å²) in [6.07, 6.45) is -5.73. The number of anilines is 1. The van der Waals surface area contributed by atoms with Crippen LogP contribution in [0.5, 0.6) is 0 Å². The molecule has 1 fully saturated rings. The van der Waals surface area contributed by atoms with Crippen LogP contribution in [0.1, 0.15) is 42.8 Å². The van der Waals surface area contributed by atoms with Gasteiger partial charge in [0.1, 0.15) is 10.6 Å². The molecule has 0 aromatic carbocycles. The number of carbonyl (C=O) groups is 4. The standard InChI is InChI=1S/C20H20Cl2F3N5O7S/c1-7-10(21)11(22)12(26-7)15(31)27-8-4-5-30(6-9(8)35-2)19-28-13(16(32)29-36-3)14(38-19)17(33)37-18(34)20(23,24)25/h8-9,26H,4-6H2,1-3H3,(H,27,31)(H,29,32). The molecular formula is C20H20Cl2F3N5O7S. The van der Waals surface area contributed by atoms with E-state index in [1.807, 2.05) is 5.48 Å². The number of esters is 2. The highest BCUT2D eigenvalue weighted by molar-refractivity contribution is 7.17. The van der Waals surface area contributed by atoms with Crippen LogP contribution >= 0.6 is 34.5 Å². The van der Waals surface area contributed by atoms with Crippen LogP contribution in [0.15, 0.2) is 0 Å². The summed E-state index contributed by atoms with van der Waals surface area (Å²) in [5.41, 5.74) is 1.90. The van der Waals surface area contributed by atoms with Gasteiger partial charge in [-0.1, -0.05) is 34.5 Å². The number of rotatable bonds is 7. The zero-order valence-corrected chi connectivity index (χ0v) is 22.2. The van der Waals surface area contributed by atoms with Gasteiger partial charge < -0.3 is 24.7 Å². The average molecular weight is 602 g/mol. The average Bonchev–Trinajstić information content (AvgIpc) is 3.41. The molecule has 38 heavy (non-hydrogen) atoms. The molecule has 18 heteroatoms. The number of methoxy groups -OCH3 is 1. The monoisotopic (exact) mass is 601 g/mol. The van der Waals surface area contributed by atoms with E-state index in [4.69, 9.17) is 27.9 Å². The molecule has 0 spiro atoms. The van der Waals surface area contributed by atoms with Gasteiger partial charge in [-0.3, -0.25) is 14.4 Å². The van der Waals surface area contributed by atoms with Crippen LogP contribution in [-0.4, -0.2) is 79.4 Å². The quantitative estimate of drug-likeness (QED) is 0.247. The predicted molar refractivity (Wildman–Crippen MR) is 127 cm³/mol. The van der Waals surface area contributed by atoms with Crippen molar-refractivity contribution in [2.75, 3.05) is 32.2 Å². The van der Waals surface area contributed by atoms with Crippen LogP contribution in [-0.2, 0) is 19.1 Å². The van der Waals surface area contributed by atoms with E-state index in [-0.39, 0.29) is 34.0 Å². The lowest BCUT2D eigenvalue weighted by atomic mass is 10.0. The molecule has 1 aliphatic rings. The molecule has 2 atom stereocenters. The van der Waals surface area contributed by atoms with E-state index in [9.17, 15) is 32.3 Å². The third kappa shape index (κ3) is 6.37. The molecule has 208 valence electrons. The van der Waals surface area contributed by atoms with Crippen LogP contribution in [0.25, 0.3) is 0 Å². The zero-order chi connectivity index (χ0) is 28.4. The van der Waals surface area contributed by atoms with Crippen molar-refractivity contribution in [2.45, 2.75) is 31.7 Å². The summed E-state index contributed by atoms with van der Waals surface area (Å²) in [7, 11) is 2.50. The normalized spacial score (nSPS) is 17.7. The number of aromatic nitrogens is 2. The van der Waals surface area contributed by atoms with Gasteiger partial charge in [-0.2, -0.15) is 13.2 Å². The number of hydrogen-bond acceptors (Lipinski definition) is 10. The number of piperidine rings is 1. The lowest BCUT2D eigenvalue weighted by Crippen LogP contribution is -2.55. The molecule has 2 unspecified atom stereocenters. The zero-order valence-electron chi connectivity index (χ0n) is 19.8. The highest BCUT2D eigenvalue weighted by atomic mass is 35.5. The van der Waals surface area contributed by atoms with Crippen molar-refractivity contribution in [2.24, 2.45) is 0 Å². The summed E-state index contributed by atoms with van der Waals surface area (Å²) < 4.78 is 47.0. The molecule has 3 heterocycles. The highest BCUT2D eigenvalue weighted by Gasteiger charge is 2.43. The second-order valence-electron chi connectivity index (χ2n) is 7.83. The first-order valence-electron chi connectivity index (χ1n) is 10.6. The van der Waals surface area contributed by atoms with E-state index in [1.54, 1.807) is 11.8 Å². The molecular weight excluding hydrogens is 582 g/mol. The van der Waals surface area contributed by atoms with Crippen molar-refractivity contribution in [3.05, 3.63) is 32.0 Å². The van der Waals surface area contributed by atoms with E-state index in [0.29, 0.717) is 23.5 Å². The molecule has 12 nitrogen and oxygen atoms in total. The van der Waals surface area contributed by atoms with Gasteiger partial charge in [-0.25, -0.2) is 20.1 Å². The number of ether oxygens (including phenoxy) is 2. The lowest BCUT2D eigenvalue weighted by Gasteiger charge is -2.37. The molecule has 2 aromatic heterocycles. The predicted octanol–water partition coefficient (Wildman–Crippen LogP) is 2.65. The minimum atomic E-state index is -5.43. The van der Waals surface area contributed by atoms with E-state index in [2.05, 4.69) is 24.9 Å². The fraction of sp³-hybridized carbons (Fsp3) is 0.450. The van der Waals surface area contributed by atoms with Crippen LogP contribution in [0, 0.1) is 6.92 Å². The van der Waals surface area contributed by atoms with Crippen molar-refractivity contribution in [1.29, 1.82) is 0 Å². The van der Waals surface area contributed by atoms with Gasteiger partial charge >= 0.3 is 18.1 Å². The Morgan fingerprint density at radius 1 is 1.16 bits per heavy atom.